The molecule has 1 heterocycles. The Morgan fingerprint density at radius 1 is 1.05 bits per heavy atom. The number of ketones is 2. The summed E-state index contributed by atoms with van der Waals surface area (Å²) in [6, 6.07) is 9.90. The number of nitrogens with zero attached hydrogens (tertiary/aromatic N) is 2. The van der Waals surface area contributed by atoms with Crippen molar-refractivity contribution in [1.29, 1.82) is 0 Å². The number of aromatic hydroxyl groups is 1. The van der Waals surface area contributed by atoms with Crippen LogP contribution in [0, 0.1) is 27.9 Å². The number of nitro benzene ring substituents is 1. The number of nitro groups is 1. The number of carbonyl (C=O) groups is 4. The lowest BCUT2D eigenvalue weighted by Crippen LogP contribution is -2.39. The second-order valence-electron chi connectivity index (χ2n) is 10.1. The summed E-state index contributed by atoms with van der Waals surface area (Å²) in [6.07, 6.45) is 3.33. The number of benzene rings is 2. The molecule has 1 N–H and O–H groups in total. The number of allylic oxidation sites excluding steroid dienone is 6. The molecule has 0 aromatic heterocycles. The van der Waals surface area contributed by atoms with Crippen molar-refractivity contribution in [3.8, 4) is 11.5 Å². The monoisotopic (exact) mass is 604 g/mol. The van der Waals surface area contributed by atoms with Crippen LogP contribution in [0.1, 0.15) is 24.3 Å². The van der Waals surface area contributed by atoms with Crippen LogP contribution in [-0.2, 0) is 19.2 Å². The maximum atomic E-state index is 13.9. The minimum atomic E-state index is -0.865. The minimum Gasteiger partial charge on any atom is -0.507 e. The fourth-order valence-corrected chi connectivity index (χ4v) is 6.96. The van der Waals surface area contributed by atoms with Gasteiger partial charge in [-0.05, 0) is 59.0 Å². The lowest BCUT2D eigenvalue weighted by Gasteiger charge is -2.42. The van der Waals surface area contributed by atoms with Gasteiger partial charge in [-0.25, -0.2) is 0 Å². The summed E-state index contributed by atoms with van der Waals surface area (Å²) >= 11 is 3.19. The second-order valence-corrected chi connectivity index (χ2v) is 10.9. The lowest BCUT2D eigenvalue weighted by molar-refractivity contribution is -0.384. The zero-order valence-electron chi connectivity index (χ0n) is 21.0. The maximum Gasteiger partial charge on any atom is 0.269 e. The van der Waals surface area contributed by atoms with Gasteiger partial charge in [-0.1, -0.05) is 17.7 Å². The van der Waals surface area contributed by atoms with Crippen molar-refractivity contribution in [2.45, 2.75) is 18.8 Å². The maximum absolute atomic E-state index is 13.9. The summed E-state index contributed by atoms with van der Waals surface area (Å²) in [5.41, 5.74) is 1.47. The van der Waals surface area contributed by atoms with Gasteiger partial charge in [0.05, 0.1) is 34.0 Å². The topological polar surface area (TPSA) is 144 Å². The summed E-state index contributed by atoms with van der Waals surface area (Å²) < 4.78 is 5.64. The Morgan fingerprint density at radius 2 is 1.77 bits per heavy atom. The average Bonchev–Trinajstić information content (AvgIpc) is 3.20. The number of rotatable bonds is 4. The van der Waals surface area contributed by atoms with Crippen LogP contribution in [0.5, 0.6) is 11.5 Å². The van der Waals surface area contributed by atoms with E-state index < -0.39 is 40.4 Å². The van der Waals surface area contributed by atoms with E-state index in [1.54, 1.807) is 12.1 Å². The van der Waals surface area contributed by atoms with E-state index in [0.29, 0.717) is 16.9 Å². The van der Waals surface area contributed by atoms with Crippen LogP contribution < -0.4 is 9.64 Å². The van der Waals surface area contributed by atoms with Gasteiger partial charge in [0.25, 0.3) is 5.69 Å². The number of non-ortho nitro benzene ring substituents is 1. The molecule has 1 fully saturated rings. The Labute approximate surface area is 235 Å². The van der Waals surface area contributed by atoms with Crippen molar-refractivity contribution in [2.75, 3.05) is 12.0 Å². The highest BCUT2D eigenvalue weighted by atomic mass is 79.9. The molecular formula is C29H21BrN2O8. The zero-order valence-corrected chi connectivity index (χ0v) is 22.6. The van der Waals surface area contributed by atoms with E-state index in [1.165, 1.54) is 43.5 Å². The third kappa shape index (κ3) is 3.68. The van der Waals surface area contributed by atoms with Gasteiger partial charge in [-0.15, -0.1) is 0 Å². The number of hydrogen-bond acceptors (Lipinski definition) is 8. The number of fused-ring (bicyclic) bond motifs is 3. The van der Waals surface area contributed by atoms with E-state index in [9.17, 15) is 34.4 Å². The first-order valence-electron chi connectivity index (χ1n) is 12.5. The molecule has 4 aliphatic rings. The highest BCUT2D eigenvalue weighted by Gasteiger charge is 2.57. The van der Waals surface area contributed by atoms with Crippen molar-refractivity contribution in [2.24, 2.45) is 17.8 Å². The lowest BCUT2D eigenvalue weighted by atomic mass is 9.59. The first kappa shape index (κ1) is 25.9. The number of imide groups is 1. The van der Waals surface area contributed by atoms with Gasteiger partial charge in [-0.2, -0.15) is 0 Å². The third-order valence-electron chi connectivity index (χ3n) is 8.20. The molecule has 2 aromatic rings. The number of halogens is 1. The molecule has 0 bridgehead atoms. The van der Waals surface area contributed by atoms with Gasteiger partial charge in [0.2, 0.25) is 11.8 Å². The SMILES string of the molecule is COc1cccc(O)c1C1C2=CCC3C(=O)N(c4ccc([N+](=O)[O-])cc4)C(=O)C3C2CC2=C1C(=O)C=C(Br)C2=O. The fraction of sp³-hybridized carbons (Fsp3) is 0.241. The van der Waals surface area contributed by atoms with Crippen molar-refractivity contribution in [1.82, 2.24) is 0 Å². The molecule has 4 unspecified atom stereocenters. The van der Waals surface area contributed by atoms with Crippen LogP contribution >= 0.6 is 15.9 Å². The van der Waals surface area contributed by atoms with Gasteiger partial charge in [0.1, 0.15) is 11.5 Å². The minimum absolute atomic E-state index is 0.0649. The Kier molecular flexibility index (Phi) is 6.06. The molecule has 4 atom stereocenters. The van der Waals surface area contributed by atoms with Crippen LogP contribution in [0.4, 0.5) is 11.4 Å². The summed E-state index contributed by atoms with van der Waals surface area (Å²) in [7, 11) is 1.44. The predicted molar refractivity (Wildman–Crippen MR) is 145 cm³/mol. The van der Waals surface area contributed by atoms with Crippen molar-refractivity contribution in [3.05, 3.63) is 91.5 Å². The van der Waals surface area contributed by atoms with E-state index in [-0.39, 0.29) is 57.2 Å². The van der Waals surface area contributed by atoms with Gasteiger partial charge in [-0.3, -0.25) is 34.2 Å². The van der Waals surface area contributed by atoms with Crippen LogP contribution in [0.2, 0.25) is 0 Å². The van der Waals surface area contributed by atoms with Gasteiger partial charge < -0.3 is 9.84 Å². The molecule has 40 heavy (non-hydrogen) atoms. The van der Waals surface area contributed by atoms with E-state index >= 15 is 0 Å². The molecule has 1 saturated heterocycles. The molecule has 3 aliphatic carbocycles. The number of amides is 2. The summed E-state index contributed by atoms with van der Waals surface area (Å²) in [5.74, 6) is -4.51. The summed E-state index contributed by atoms with van der Waals surface area (Å²) in [5, 5.41) is 22.1. The number of anilines is 1. The summed E-state index contributed by atoms with van der Waals surface area (Å²) in [4.78, 5) is 65.7. The second kappa shape index (κ2) is 9.37. The van der Waals surface area contributed by atoms with E-state index in [4.69, 9.17) is 4.74 Å². The molecule has 2 aromatic carbocycles. The van der Waals surface area contributed by atoms with E-state index in [1.807, 2.05) is 6.08 Å². The number of Topliss-reactive ketones (excluding diaryl/α,β-unsaturated/α-hetero) is 1. The van der Waals surface area contributed by atoms with Gasteiger partial charge >= 0.3 is 0 Å². The molecule has 202 valence electrons. The summed E-state index contributed by atoms with van der Waals surface area (Å²) in [6.45, 7) is 0. The van der Waals surface area contributed by atoms with Crippen molar-refractivity contribution >= 4 is 50.7 Å². The highest BCUT2D eigenvalue weighted by Crippen LogP contribution is 2.57. The number of phenols is 1. The Morgan fingerprint density at radius 3 is 2.45 bits per heavy atom. The van der Waals surface area contributed by atoms with Crippen LogP contribution in [-0.4, -0.2) is 40.5 Å². The van der Waals surface area contributed by atoms with Crippen LogP contribution in [0.3, 0.4) is 0 Å². The normalized spacial score (nSPS) is 25.7. The zero-order chi connectivity index (χ0) is 28.5. The first-order chi connectivity index (χ1) is 19.1. The quantitative estimate of drug-likeness (QED) is 0.179. The first-order valence-corrected chi connectivity index (χ1v) is 13.3. The van der Waals surface area contributed by atoms with Crippen LogP contribution in [0.25, 0.3) is 0 Å². The molecule has 6 rings (SSSR count). The smallest absolute Gasteiger partial charge is 0.269 e. The molecule has 0 saturated carbocycles. The third-order valence-corrected chi connectivity index (χ3v) is 8.79. The number of ether oxygens (including phenoxy) is 1. The molecule has 10 nitrogen and oxygen atoms in total. The number of phenolic OH excluding ortho intramolecular Hbond substituents is 1. The molecule has 2 amide bonds. The largest absolute Gasteiger partial charge is 0.507 e. The predicted octanol–water partition coefficient (Wildman–Crippen LogP) is 4.28. The average molecular weight is 605 g/mol. The molecule has 1 aliphatic heterocycles. The number of carbonyl (C=O) groups excluding carboxylic acids is 4. The standard InChI is InChI=1S/C29H21BrN2O8/c1-40-22-4-2-3-20(33)26(22)25-15-9-10-16-23(17(15)11-18-24(25)21(34)12-19(30)27(18)35)29(37)31(28(16)36)13-5-7-14(8-6-13)32(38)39/h2-9,12,16-17,23,25,33H,10-11H2,1H3. The molecule has 11 heteroatoms. The molecule has 0 spiro atoms. The fourth-order valence-electron chi connectivity index (χ4n) is 6.52. The Hall–Kier alpha value is -4.38. The van der Waals surface area contributed by atoms with E-state index in [0.717, 1.165) is 4.90 Å². The van der Waals surface area contributed by atoms with Crippen molar-refractivity contribution in [3.63, 3.8) is 0 Å². The van der Waals surface area contributed by atoms with Crippen molar-refractivity contribution < 1.29 is 33.9 Å². The Balaban J connectivity index is 1.49. The van der Waals surface area contributed by atoms with Crippen LogP contribution in [0.15, 0.2) is 75.8 Å². The van der Waals surface area contributed by atoms with E-state index in [2.05, 4.69) is 15.9 Å². The number of methoxy groups -OCH3 is 1. The number of hydrogen-bond donors (Lipinski definition) is 1. The Bertz CT molecular complexity index is 1640. The highest BCUT2D eigenvalue weighted by molar-refractivity contribution is 9.12. The van der Waals surface area contributed by atoms with Gasteiger partial charge in [0, 0.05) is 40.8 Å². The molecule has 0 radical (unpaired) electrons. The van der Waals surface area contributed by atoms with Gasteiger partial charge in [0.15, 0.2) is 11.6 Å². The molecular weight excluding hydrogens is 584 g/mol.